The molecule has 68 valence electrons. The van der Waals surface area contributed by atoms with Gasteiger partial charge in [-0.2, -0.15) is 5.10 Å². The Labute approximate surface area is 72.8 Å². The predicted molar refractivity (Wildman–Crippen MR) is 48.1 cm³/mol. The van der Waals surface area contributed by atoms with Crippen molar-refractivity contribution >= 4 is 0 Å². The van der Waals surface area contributed by atoms with Gasteiger partial charge in [-0.25, -0.2) is 0 Å². The molecule has 0 aromatic carbocycles. The molecule has 0 aliphatic rings. The number of nitrogens with zero attached hydrogens (tertiary/aromatic N) is 1. The lowest BCUT2D eigenvalue weighted by atomic mass is 9.92. The van der Waals surface area contributed by atoms with Crippen LogP contribution in [0.15, 0.2) is 6.07 Å². The van der Waals surface area contributed by atoms with Gasteiger partial charge in [0.1, 0.15) is 0 Å². The van der Waals surface area contributed by atoms with Crippen molar-refractivity contribution in [1.29, 1.82) is 0 Å². The largest absolute Gasteiger partial charge is 0.396 e. The van der Waals surface area contributed by atoms with Crippen molar-refractivity contribution in [3.8, 4) is 0 Å². The van der Waals surface area contributed by atoms with E-state index in [1.165, 1.54) is 0 Å². The van der Waals surface area contributed by atoms with Gasteiger partial charge >= 0.3 is 0 Å². The molecule has 0 fully saturated rings. The van der Waals surface area contributed by atoms with Gasteiger partial charge in [0, 0.05) is 24.1 Å². The van der Waals surface area contributed by atoms with Gasteiger partial charge in [0.2, 0.25) is 0 Å². The number of aliphatic hydroxyl groups excluding tert-OH is 1. The van der Waals surface area contributed by atoms with E-state index >= 15 is 0 Å². The Morgan fingerprint density at radius 3 is 2.58 bits per heavy atom. The molecule has 3 heteroatoms. The maximum atomic E-state index is 8.68. The van der Waals surface area contributed by atoms with Gasteiger partial charge < -0.3 is 5.11 Å². The SMILES string of the molecule is CC(C)(C)c1cc(CCO)[nH]n1. The summed E-state index contributed by atoms with van der Waals surface area (Å²) in [5.41, 5.74) is 2.14. The first kappa shape index (κ1) is 9.26. The van der Waals surface area contributed by atoms with Crippen LogP contribution in [-0.2, 0) is 11.8 Å². The summed E-state index contributed by atoms with van der Waals surface area (Å²) in [6.45, 7) is 6.52. The van der Waals surface area contributed by atoms with Gasteiger partial charge in [0.05, 0.1) is 5.69 Å². The fourth-order valence-corrected chi connectivity index (χ4v) is 0.994. The molecule has 0 atom stereocenters. The first-order valence-electron chi connectivity index (χ1n) is 4.19. The Morgan fingerprint density at radius 1 is 1.50 bits per heavy atom. The minimum Gasteiger partial charge on any atom is -0.396 e. The quantitative estimate of drug-likeness (QED) is 0.698. The average molecular weight is 168 g/mol. The van der Waals surface area contributed by atoms with Crippen molar-refractivity contribution in [1.82, 2.24) is 10.2 Å². The van der Waals surface area contributed by atoms with Gasteiger partial charge in [-0.15, -0.1) is 0 Å². The molecule has 12 heavy (non-hydrogen) atoms. The standard InChI is InChI=1S/C9H16N2O/c1-9(2,3)8-6-7(4-5-12)10-11-8/h6,12H,4-5H2,1-3H3,(H,10,11). The van der Waals surface area contributed by atoms with Crippen molar-refractivity contribution in [3.63, 3.8) is 0 Å². The normalized spacial score (nSPS) is 12.0. The van der Waals surface area contributed by atoms with Gasteiger partial charge in [0.25, 0.3) is 0 Å². The minimum atomic E-state index is 0.0875. The minimum absolute atomic E-state index is 0.0875. The molecule has 0 aliphatic carbocycles. The Morgan fingerprint density at radius 2 is 2.17 bits per heavy atom. The van der Waals surface area contributed by atoms with E-state index in [1.54, 1.807) is 0 Å². The van der Waals surface area contributed by atoms with E-state index in [0.717, 1.165) is 11.4 Å². The van der Waals surface area contributed by atoms with Crippen molar-refractivity contribution in [2.45, 2.75) is 32.6 Å². The lowest BCUT2D eigenvalue weighted by molar-refractivity contribution is 0.298. The first-order chi connectivity index (χ1) is 5.54. The third kappa shape index (κ3) is 2.08. The molecule has 3 nitrogen and oxygen atoms in total. The summed E-state index contributed by atoms with van der Waals surface area (Å²) in [5.74, 6) is 0. The van der Waals surface area contributed by atoms with Crippen molar-refractivity contribution in [2.75, 3.05) is 6.61 Å². The predicted octanol–water partition coefficient (Wildman–Crippen LogP) is 1.24. The van der Waals surface area contributed by atoms with Crippen molar-refractivity contribution < 1.29 is 5.11 Å². The molecular formula is C9H16N2O. The van der Waals surface area contributed by atoms with Crippen molar-refractivity contribution in [2.24, 2.45) is 0 Å². The van der Waals surface area contributed by atoms with Crippen LogP contribution in [0.1, 0.15) is 32.2 Å². The number of hydrogen-bond donors (Lipinski definition) is 2. The molecule has 1 aromatic rings. The third-order valence-electron chi connectivity index (χ3n) is 1.78. The molecule has 0 unspecified atom stereocenters. The maximum absolute atomic E-state index is 8.68. The molecule has 1 aromatic heterocycles. The first-order valence-corrected chi connectivity index (χ1v) is 4.19. The Hall–Kier alpha value is -0.830. The smallest absolute Gasteiger partial charge is 0.0678 e. The molecule has 0 amide bonds. The molecule has 2 N–H and O–H groups in total. The lowest BCUT2D eigenvalue weighted by Crippen LogP contribution is -2.11. The van der Waals surface area contributed by atoms with E-state index in [0.29, 0.717) is 6.42 Å². The lowest BCUT2D eigenvalue weighted by Gasteiger charge is -2.13. The molecule has 0 saturated heterocycles. The van der Waals surface area contributed by atoms with Gasteiger partial charge in [-0.05, 0) is 6.07 Å². The Bertz CT molecular complexity index is 247. The zero-order chi connectivity index (χ0) is 9.19. The second kappa shape index (κ2) is 3.27. The van der Waals surface area contributed by atoms with E-state index in [2.05, 4.69) is 31.0 Å². The van der Waals surface area contributed by atoms with Crippen LogP contribution in [0.3, 0.4) is 0 Å². The molecule has 0 saturated carbocycles. The number of aliphatic hydroxyl groups is 1. The number of nitrogens with one attached hydrogen (secondary N) is 1. The number of H-pyrrole nitrogens is 1. The van der Waals surface area contributed by atoms with E-state index in [-0.39, 0.29) is 12.0 Å². The molecular weight excluding hydrogens is 152 g/mol. The van der Waals surface area contributed by atoms with E-state index in [1.807, 2.05) is 6.07 Å². The van der Waals surface area contributed by atoms with Gasteiger partial charge in [0.15, 0.2) is 0 Å². The van der Waals surface area contributed by atoms with Crippen LogP contribution >= 0.6 is 0 Å². The molecule has 0 bridgehead atoms. The van der Waals surface area contributed by atoms with Crippen LogP contribution in [0.4, 0.5) is 0 Å². The zero-order valence-electron chi connectivity index (χ0n) is 7.89. The van der Waals surface area contributed by atoms with Crippen LogP contribution < -0.4 is 0 Å². The second-order valence-electron chi connectivity index (χ2n) is 4.00. The summed E-state index contributed by atoms with van der Waals surface area (Å²) in [4.78, 5) is 0. The Kier molecular flexibility index (Phi) is 2.52. The fourth-order valence-electron chi connectivity index (χ4n) is 0.994. The van der Waals surface area contributed by atoms with Crippen LogP contribution in [-0.4, -0.2) is 21.9 Å². The summed E-state index contributed by atoms with van der Waals surface area (Å²) >= 11 is 0. The third-order valence-corrected chi connectivity index (χ3v) is 1.78. The highest BCUT2D eigenvalue weighted by molar-refractivity contribution is 5.16. The monoisotopic (exact) mass is 168 g/mol. The van der Waals surface area contributed by atoms with E-state index in [9.17, 15) is 0 Å². The topological polar surface area (TPSA) is 48.9 Å². The molecule has 0 aliphatic heterocycles. The molecule has 0 radical (unpaired) electrons. The summed E-state index contributed by atoms with van der Waals surface area (Å²) in [7, 11) is 0. The number of aromatic amines is 1. The number of hydrogen-bond acceptors (Lipinski definition) is 2. The summed E-state index contributed by atoms with van der Waals surface area (Å²) in [5, 5.41) is 15.8. The highest BCUT2D eigenvalue weighted by Crippen LogP contribution is 2.20. The molecule has 0 spiro atoms. The van der Waals surface area contributed by atoms with Crippen LogP contribution in [0.2, 0.25) is 0 Å². The molecule has 1 heterocycles. The zero-order valence-corrected chi connectivity index (χ0v) is 7.89. The van der Waals surface area contributed by atoms with E-state index < -0.39 is 0 Å². The summed E-state index contributed by atoms with van der Waals surface area (Å²) in [6.07, 6.45) is 0.656. The fraction of sp³-hybridized carbons (Fsp3) is 0.667. The van der Waals surface area contributed by atoms with E-state index in [4.69, 9.17) is 5.11 Å². The van der Waals surface area contributed by atoms with Crippen LogP contribution in [0.5, 0.6) is 0 Å². The highest BCUT2D eigenvalue weighted by atomic mass is 16.3. The van der Waals surface area contributed by atoms with Crippen molar-refractivity contribution in [3.05, 3.63) is 17.5 Å². The number of aromatic nitrogens is 2. The van der Waals surface area contributed by atoms with Crippen LogP contribution in [0, 0.1) is 0 Å². The second-order valence-corrected chi connectivity index (χ2v) is 4.00. The highest BCUT2D eigenvalue weighted by Gasteiger charge is 2.16. The van der Waals surface area contributed by atoms with Crippen LogP contribution in [0.25, 0.3) is 0 Å². The molecule has 1 rings (SSSR count). The van der Waals surface area contributed by atoms with Gasteiger partial charge in [-0.1, -0.05) is 20.8 Å². The maximum Gasteiger partial charge on any atom is 0.0678 e. The number of rotatable bonds is 2. The van der Waals surface area contributed by atoms with Gasteiger partial charge in [-0.3, -0.25) is 5.10 Å². The average Bonchev–Trinajstić information content (AvgIpc) is 2.35. The summed E-state index contributed by atoms with van der Waals surface area (Å²) in [6, 6.07) is 2.01. The summed E-state index contributed by atoms with van der Waals surface area (Å²) < 4.78 is 0. The Balaban J connectivity index is 2.77.